The van der Waals surface area contributed by atoms with Gasteiger partial charge < -0.3 is 11.1 Å². The fourth-order valence-electron chi connectivity index (χ4n) is 3.45. The summed E-state index contributed by atoms with van der Waals surface area (Å²) in [7, 11) is 0. The van der Waals surface area contributed by atoms with Crippen molar-refractivity contribution in [3.05, 3.63) is 34.9 Å². The Morgan fingerprint density at radius 2 is 1.91 bits per heavy atom. The van der Waals surface area contributed by atoms with Crippen molar-refractivity contribution in [3.8, 4) is 0 Å². The molecule has 1 aromatic rings. The molecule has 2 fully saturated rings. The fourth-order valence-corrected chi connectivity index (χ4v) is 3.57. The van der Waals surface area contributed by atoms with Crippen LogP contribution in [0.25, 0.3) is 0 Å². The van der Waals surface area contributed by atoms with Gasteiger partial charge in [0.1, 0.15) is 0 Å². The normalized spacial score (nSPS) is 31.2. The summed E-state index contributed by atoms with van der Waals surface area (Å²) in [5, 5.41) is 4.00. The highest BCUT2D eigenvalue weighted by molar-refractivity contribution is 6.30. The number of nitrogens with two attached hydrogens (primary N) is 1. The van der Waals surface area contributed by atoms with E-state index < -0.39 is 0 Å². The minimum Gasteiger partial charge on any atom is -0.349 e. The third-order valence-electron chi connectivity index (χ3n) is 4.97. The molecule has 0 radical (unpaired) electrons. The van der Waals surface area contributed by atoms with Gasteiger partial charge in [-0.15, -0.1) is 12.4 Å². The Bertz CT molecular complexity index is 520. The summed E-state index contributed by atoms with van der Waals surface area (Å²) >= 11 is 5.96. The number of nitrogens with one attached hydrogen (secondary N) is 1. The summed E-state index contributed by atoms with van der Waals surface area (Å²) in [5.74, 6) is 1.48. The van der Waals surface area contributed by atoms with E-state index in [1.807, 2.05) is 24.3 Å². The molecule has 22 heavy (non-hydrogen) atoms. The number of rotatable bonds is 4. The van der Waals surface area contributed by atoms with E-state index >= 15 is 0 Å². The van der Waals surface area contributed by atoms with E-state index in [1.54, 1.807) is 0 Å². The van der Waals surface area contributed by atoms with Crippen LogP contribution < -0.4 is 11.1 Å². The van der Waals surface area contributed by atoms with E-state index in [-0.39, 0.29) is 36.3 Å². The lowest BCUT2D eigenvalue weighted by atomic mass is 9.99. The maximum Gasteiger partial charge on any atom is 0.223 e. The van der Waals surface area contributed by atoms with Crippen molar-refractivity contribution in [1.82, 2.24) is 5.32 Å². The Morgan fingerprint density at radius 3 is 2.41 bits per heavy atom. The van der Waals surface area contributed by atoms with Crippen LogP contribution in [0.5, 0.6) is 0 Å². The van der Waals surface area contributed by atoms with E-state index in [1.165, 1.54) is 6.42 Å². The van der Waals surface area contributed by atoms with Crippen molar-refractivity contribution in [2.75, 3.05) is 0 Å². The summed E-state index contributed by atoms with van der Waals surface area (Å²) < 4.78 is 0. The molecule has 1 aromatic carbocycles. The molecule has 0 heterocycles. The van der Waals surface area contributed by atoms with Crippen LogP contribution in [0.2, 0.25) is 5.02 Å². The standard InChI is InChI=1S/C17H23ClN2O.ClH/c1-10-8-15(10)16(11-2-5-13(18)6-3-11)20-17(21)12-4-7-14(19)9-12;/h2-3,5-6,10,12,14-16H,4,7-9,19H2,1H3,(H,20,21);1H. The van der Waals surface area contributed by atoms with E-state index in [2.05, 4.69) is 12.2 Å². The first-order valence-electron chi connectivity index (χ1n) is 7.86. The zero-order valence-corrected chi connectivity index (χ0v) is 14.4. The summed E-state index contributed by atoms with van der Waals surface area (Å²) in [6.45, 7) is 2.24. The van der Waals surface area contributed by atoms with E-state index in [4.69, 9.17) is 17.3 Å². The predicted molar refractivity (Wildman–Crippen MR) is 92.2 cm³/mol. The van der Waals surface area contributed by atoms with Crippen LogP contribution in [-0.4, -0.2) is 11.9 Å². The lowest BCUT2D eigenvalue weighted by Gasteiger charge is -2.22. The van der Waals surface area contributed by atoms with Crippen LogP contribution in [0, 0.1) is 17.8 Å². The van der Waals surface area contributed by atoms with Gasteiger partial charge in [0.2, 0.25) is 5.91 Å². The van der Waals surface area contributed by atoms with Gasteiger partial charge in [0.25, 0.3) is 0 Å². The van der Waals surface area contributed by atoms with Gasteiger partial charge in [0.05, 0.1) is 6.04 Å². The highest BCUT2D eigenvalue weighted by atomic mass is 35.5. The molecule has 2 aliphatic rings. The molecule has 122 valence electrons. The molecule has 5 heteroatoms. The van der Waals surface area contributed by atoms with Crippen molar-refractivity contribution in [3.63, 3.8) is 0 Å². The maximum atomic E-state index is 12.5. The quantitative estimate of drug-likeness (QED) is 0.876. The van der Waals surface area contributed by atoms with Gasteiger partial charge in [-0.2, -0.15) is 0 Å². The minimum atomic E-state index is 0. The third kappa shape index (κ3) is 3.95. The second kappa shape index (κ2) is 7.20. The Hall–Kier alpha value is -0.770. The molecule has 3 nitrogen and oxygen atoms in total. The summed E-state index contributed by atoms with van der Waals surface area (Å²) in [6, 6.07) is 8.15. The number of benzene rings is 1. The van der Waals surface area contributed by atoms with Gasteiger partial charge in [-0.1, -0.05) is 30.7 Å². The van der Waals surface area contributed by atoms with Crippen molar-refractivity contribution < 1.29 is 4.79 Å². The molecule has 5 unspecified atom stereocenters. The third-order valence-corrected chi connectivity index (χ3v) is 5.22. The van der Waals surface area contributed by atoms with E-state index in [9.17, 15) is 4.79 Å². The molecular weight excluding hydrogens is 319 g/mol. The van der Waals surface area contributed by atoms with Crippen LogP contribution in [0.15, 0.2) is 24.3 Å². The van der Waals surface area contributed by atoms with Gasteiger partial charge >= 0.3 is 0 Å². The molecule has 3 rings (SSSR count). The minimum absolute atomic E-state index is 0. The van der Waals surface area contributed by atoms with Crippen molar-refractivity contribution >= 4 is 29.9 Å². The molecule has 3 N–H and O–H groups in total. The lowest BCUT2D eigenvalue weighted by Crippen LogP contribution is -2.35. The molecule has 1 amide bonds. The summed E-state index contributed by atoms with van der Waals surface area (Å²) in [5.41, 5.74) is 7.08. The average Bonchev–Trinajstić information content (AvgIpc) is 3.01. The Balaban J connectivity index is 0.00000176. The Kier molecular flexibility index (Phi) is 5.76. The van der Waals surface area contributed by atoms with Crippen LogP contribution in [-0.2, 0) is 4.79 Å². The predicted octanol–water partition coefficient (Wildman–Crippen LogP) is 3.70. The first kappa shape index (κ1) is 17.6. The number of halogens is 2. The van der Waals surface area contributed by atoms with Crippen molar-refractivity contribution in [1.29, 1.82) is 0 Å². The van der Waals surface area contributed by atoms with E-state index in [0.717, 1.165) is 29.8 Å². The van der Waals surface area contributed by atoms with Crippen LogP contribution in [0.1, 0.15) is 44.2 Å². The highest BCUT2D eigenvalue weighted by Gasteiger charge is 2.42. The molecule has 0 aromatic heterocycles. The summed E-state index contributed by atoms with van der Waals surface area (Å²) in [6.07, 6.45) is 3.88. The fraction of sp³-hybridized carbons (Fsp3) is 0.588. The monoisotopic (exact) mass is 342 g/mol. The van der Waals surface area contributed by atoms with Gasteiger partial charge in [0.15, 0.2) is 0 Å². The lowest BCUT2D eigenvalue weighted by molar-refractivity contribution is -0.125. The highest BCUT2D eigenvalue weighted by Crippen LogP contribution is 2.47. The van der Waals surface area contributed by atoms with Crippen LogP contribution in [0.3, 0.4) is 0 Å². The molecule has 0 aliphatic heterocycles. The zero-order chi connectivity index (χ0) is 15.0. The second-order valence-corrected chi connectivity index (χ2v) is 7.12. The second-order valence-electron chi connectivity index (χ2n) is 6.68. The van der Waals surface area contributed by atoms with Crippen molar-refractivity contribution in [2.45, 2.75) is 44.7 Å². The molecule has 0 bridgehead atoms. The number of carbonyl (C=O) groups is 1. The topological polar surface area (TPSA) is 55.1 Å². The van der Waals surface area contributed by atoms with Crippen LogP contribution >= 0.6 is 24.0 Å². The SMILES string of the molecule is CC1CC1C(NC(=O)C1CCC(N)C1)c1ccc(Cl)cc1.Cl. The van der Waals surface area contributed by atoms with Gasteiger partial charge in [0, 0.05) is 17.0 Å². The maximum absolute atomic E-state index is 12.5. The average molecular weight is 343 g/mol. The van der Waals surface area contributed by atoms with Gasteiger partial charge in [-0.25, -0.2) is 0 Å². The molecule has 0 spiro atoms. The van der Waals surface area contributed by atoms with Gasteiger partial charge in [-0.3, -0.25) is 4.79 Å². The number of hydrogen-bond donors (Lipinski definition) is 2. The Labute approximate surface area is 143 Å². The molecule has 2 saturated carbocycles. The van der Waals surface area contributed by atoms with Crippen LogP contribution in [0.4, 0.5) is 0 Å². The number of amides is 1. The summed E-state index contributed by atoms with van der Waals surface area (Å²) in [4.78, 5) is 12.5. The first-order chi connectivity index (χ1) is 10.0. The zero-order valence-electron chi connectivity index (χ0n) is 12.8. The first-order valence-corrected chi connectivity index (χ1v) is 8.24. The molecule has 2 aliphatic carbocycles. The number of hydrogen-bond acceptors (Lipinski definition) is 2. The smallest absolute Gasteiger partial charge is 0.223 e. The van der Waals surface area contributed by atoms with Gasteiger partial charge in [-0.05, 0) is 55.2 Å². The molecular formula is C17H24Cl2N2O. The molecule has 5 atom stereocenters. The molecule has 0 saturated heterocycles. The largest absolute Gasteiger partial charge is 0.349 e. The van der Waals surface area contributed by atoms with E-state index in [0.29, 0.717) is 11.8 Å². The Morgan fingerprint density at radius 1 is 1.27 bits per heavy atom. The van der Waals surface area contributed by atoms with Crippen molar-refractivity contribution in [2.24, 2.45) is 23.5 Å². The number of carbonyl (C=O) groups excluding carboxylic acids is 1.